The van der Waals surface area contributed by atoms with E-state index in [9.17, 15) is 0 Å². The summed E-state index contributed by atoms with van der Waals surface area (Å²) in [6.07, 6.45) is 1.45. The lowest BCUT2D eigenvalue weighted by atomic mass is 10.0. The summed E-state index contributed by atoms with van der Waals surface area (Å²) in [4.78, 5) is 8.50. The van der Waals surface area contributed by atoms with Gasteiger partial charge in [0.05, 0.1) is 0 Å². The second kappa shape index (κ2) is 6.39. The fraction of sp³-hybridized carbons (Fsp3) is 0.667. The highest BCUT2D eigenvalue weighted by Crippen LogP contribution is 2.15. The number of hydrogen-bond acceptors (Lipinski definition) is 5. The fourth-order valence-corrected chi connectivity index (χ4v) is 1.65. The number of hydrogen-bond donors (Lipinski definition) is 3. The van der Waals surface area contributed by atoms with Crippen LogP contribution in [-0.2, 0) is 6.42 Å². The zero-order valence-electron chi connectivity index (χ0n) is 10.8. The molecule has 4 N–H and O–H groups in total. The van der Waals surface area contributed by atoms with Crippen LogP contribution < -0.4 is 11.1 Å². The van der Waals surface area contributed by atoms with E-state index in [1.54, 1.807) is 6.07 Å². The number of aliphatic hydroxyl groups excluding tert-OH is 1. The molecule has 0 radical (unpaired) electrons. The van der Waals surface area contributed by atoms with Gasteiger partial charge in [-0.2, -0.15) is 0 Å². The van der Waals surface area contributed by atoms with E-state index in [0.29, 0.717) is 18.2 Å². The predicted octanol–water partition coefficient (Wildman–Crippen LogP) is 1.44. The summed E-state index contributed by atoms with van der Waals surface area (Å²) in [6.45, 7) is 6.38. The van der Waals surface area contributed by atoms with Crippen LogP contribution in [0, 0.1) is 5.92 Å². The number of aliphatic hydroxyl groups is 1. The number of anilines is 2. The third kappa shape index (κ3) is 4.19. The van der Waals surface area contributed by atoms with E-state index in [0.717, 1.165) is 18.1 Å². The molecule has 0 saturated heterocycles. The van der Waals surface area contributed by atoms with Crippen LogP contribution in [0.15, 0.2) is 6.07 Å². The van der Waals surface area contributed by atoms with Crippen molar-refractivity contribution in [3.8, 4) is 0 Å². The van der Waals surface area contributed by atoms with Gasteiger partial charge in [0.2, 0.25) is 0 Å². The first kappa shape index (κ1) is 13.7. The molecule has 1 heterocycles. The average molecular weight is 238 g/mol. The van der Waals surface area contributed by atoms with Crippen LogP contribution in [0.2, 0.25) is 0 Å². The zero-order chi connectivity index (χ0) is 12.8. The van der Waals surface area contributed by atoms with Gasteiger partial charge in [-0.1, -0.05) is 20.8 Å². The van der Waals surface area contributed by atoms with E-state index < -0.39 is 0 Å². The Hall–Kier alpha value is -1.36. The van der Waals surface area contributed by atoms with Crippen molar-refractivity contribution in [3.05, 3.63) is 11.9 Å². The van der Waals surface area contributed by atoms with Gasteiger partial charge in [0.25, 0.3) is 0 Å². The highest BCUT2D eigenvalue weighted by atomic mass is 16.3. The maximum atomic E-state index is 9.02. The lowest BCUT2D eigenvalue weighted by Crippen LogP contribution is -2.27. The first-order valence-electron chi connectivity index (χ1n) is 6.07. The Kier molecular flexibility index (Phi) is 5.15. The Labute approximate surface area is 102 Å². The molecule has 1 rings (SSSR count). The van der Waals surface area contributed by atoms with Crippen LogP contribution >= 0.6 is 0 Å². The highest BCUT2D eigenvalue weighted by Gasteiger charge is 2.13. The molecule has 5 heteroatoms. The second-order valence-electron chi connectivity index (χ2n) is 4.45. The molecule has 1 aromatic heterocycles. The van der Waals surface area contributed by atoms with Crippen LogP contribution in [0.1, 0.15) is 33.0 Å². The van der Waals surface area contributed by atoms with Gasteiger partial charge in [-0.25, -0.2) is 9.97 Å². The summed E-state index contributed by atoms with van der Waals surface area (Å²) in [5.74, 6) is 2.37. The molecule has 1 atom stereocenters. The number of rotatable bonds is 6. The normalized spacial score (nSPS) is 12.8. The standard InChI is InChI=1S/C12H22N4O/c1-4-11-15-10(13)7-12(16-11)14-9(5-6-17)8(2)3/h7-9,17H,4-6H2,1-3H3,(H3,13,14,15,16). The van der Waals surface area contributed by atoms with Gasteiger partial charge in [0, 0.05) is 25.1 Å². The number of nitrogens with zero attached hydrogens (tertiary/aromatic N) is 2. The molecule has 5 nitrogen and oxygen atoms in total. The van der Waals surface area contributed by atoms with Gasteiger partial charge < -0.3 is 16.2 Å². The Morgan fingerprint density at radius 2 is 2.12 bits per heavy atom. The summed E-state index contributed by atoms with van der Waals surface area (Å²) < 4.78 is 0. The average Bonchev–Trinajstić information content (AvgIpc) is 2.27. The summed E-state index contributed by atoms with van der Waals surface area (Å²) in [5, 5.41) is 12.3. The van der Waals surface area contributed by atoms with Crippen LogP contribution in [0.3, 0.4) is 0 Å². The lowest BCUT2D eigenvalue weighted by Gasteiger charge is -2.22. The van der Waals surface area contributed by atoms with Crippen molar-refractivity contribution < 1.29 is 5.11 Å². The zero-order valence-corrected chi connectivity index (χ0v) is 10.8. The molecule has 0 aliphatic rings. The predicted molar refractivity (Wildman–Crippen MR) is 69.8 cm³/mol. The number of aryl methyl sites for hydroxylation is 1. The van der Waals surface area contributed by atoms with E-state index in [1.807, 2.05) is 6.92 Å². The summed E-state index contributed by atoms with van der Waals surface area (Å²) in [7, 11) is 0. The first-order valence-corrected chi connectivity index (χ1v) is 6.07. The smallest absolute Gasteiger partial charge is 0.132 e. The molecule has 1 aromatic rings. The van der Waals surface area contributed by atoms with E-state index in [4.69, 9.17) is 10.8 Å². The fourth-order valence-electron chi connectivity index (χ4n) is 1.65. The van der Waals surface area contributed by atoms with Gasteiger partial charge in [0.15, 0.2) is 0 Å². The van der Waals surface area contributed by atoms with Crippen molar-refractivity contribution in [3.63, 3.8) is 0 Å². The molecule has 0 aliphatic carbocycles. The lowest BCUT2D eigenvalue weighted by molar-refractivity contribution is 0.267. The third-order valence-corrected chi connectivity index (χ3v) is 2.69. The number of nitrogens with two attached hydrogens (primary N) is 1. The summed E-state index contributed by atoms with van der Waals surface area (Å²) in [6, 6.07) is 1.92. The number of aromatic nitrogens is 2. The topological polar surface area (TPSA) is 84.1 Å². The quantitative estimate of drug-likeness (QED) is 0.698. The van der Waals surface area contributed by atoms with Gasteiger partial charge in [0.1, 0.15) is 17.5 Å². The molecular weight excluding hydrogens is 216 g/mol. The Balaban J connectivity index is 2.81. The molecule has 1 unspecified atom stereocenters. The molecular formula is C12H22N4O. The van der Waals surface area contributed by atoms with Crippen molar-refractivity contribution in [2.24, 2.45) is 5.92 Å². The Morgan fingerprint density at radius 3 is 2.65 bits per heavy atom. The molecule has 0 aromatic carbocycles. The molecule has 96 valence electrons. The molecule has 0 amide bonds. The van der Waals surface area contributed by atoms with Gasteiger partial charge in [-0.05, 0) is 12.3 Å². The maximum Gasteiger partial charge on any atom is 0.132 e. The summed E-state index contributed by atoms with van der Waals surface area (Å²) in [5.41, 5.74) is 5.72. The molecule has 17 heavy (non-hydrogen) atoms. The van der Waals surface area contributed by atoms with Crippen molar-refractivity contribution >= 4 is 11.6 Å². The minimum atomic E-state index is 0.164. The monoisotopic (exact) mass is 238 g/mol. The maximum absolute atomic E-state index is 9.02. The minimum Gasteiger partial charge on any atom is -0.396 e. The van der Waals surface area contributed by atoms with Crippen LogP contribution in [0.5, 0.6) is 0 Å². The number of nitrogen functional groups attached to an aromatic ring is 1. The summed E-state index contributed by atoms with van der Waals surface area (Å²) >= 11 is 0. The number of nitrogens with one attached hydrogen (secondary N) is 1. The van der Waals surface area contributed by atoms with Gasteiger partial charge >= 0.3 is 0 Å². The Bertz CT molecular complexity index is 354. The molecule has 0 saturated carbocycles. The molecule has 0 spiro atoms. The van der Waals surface area contributed by atoms with E-state index in [-0.39, 0.29) is 12.6 Å². The molecule has 0 fully saturated rings. The first-order chi connectivity index (χ1) is 8.06. The molecule has 0 aliphatic heterocycles. The Morgan fingerprint density at radius 1 is 1.41 bits per heavy atom. The minimum absolute atomic E-state index is 0.164. The molecule has 0 bridgehead atoms. The van der Waals surface area contributed by atoms with Gasteiger partial charge in [-0.15, -0.1) is 0 Å². The third-order valence-electron chi connectivity index (χ3n) is 2.69. The largest absolute Gasteiger partial charge is 0.396 e. The SMILES string of the molecule is CCc1nc(N)cc(NC(CCO)C(C)C)n1. The van der Waals surface area contributed by atoms with Crippen LogP contribution in [0.4, 0.5) is 11.6 Å². The van der Waals surface area contributed by atoms with Gasteiger partial charge in [-0.3, -0.25) is 0 Å². The van der Waals surface area contributed by atoms with Crippen molar-refractivity contribution in [2.45, 2.75) is 39.7 Å². The van der Waals surface area contributed by atoms with Crippen molar-refractivity contribution in [2.75, 3.05) is 17.7 Å². The van der Waals surface area contributed by atoms with Crippen molar-refractivity contribution in [1.29, 1.82) is 0 Å². The van der Waals surface area contributed by atoms with E-state index in [1.165, 1.54) is 0 Å². The van der Waals surface area contributed by atoms with E-state index >= 15 is 0 Å². The van der Waals surface area contributed by atoms with Crippen LogP contribution in [0.25, 0.3) is 0 Å². The highest BCUT2D eigenvalue weighted by molar-refractivity contribution is 5.45. The van der Waals surface area contributed by atoms with Crippen LogP contribution in [-0.4, -0.2) is 27.7 Å². The van der Waals surface area contributed by atoms with Crippen molar-refractivity contribution in [1.82, 2.24) is 9.97 Å². The second-order valence-corrected chi connectivity index (χ2v) is 4.45. The van der Waals surface area contributed by atoms with E-state index in [2.05, 4.69) is 29.1 Å².